The molecule has 0 atom stereocenters. The lowest BCUT2D eigenvalue weighted by Crippen LogP contribution is -2.19. The van der Waals surface area contributed by atoms with Crippen molar-refractivity contribution in [1.82, 2.24) is 4.57 Å². The van der Waals surface area contributed by atoms with Crippen molar-refractivity contribution >= 4 is 22.6 Å². The molecule has 0 saturated carbocycles. The van der Waals surface area contributed by atoms with E-state index in [9.17, 15) is 4.79 Å². The van der Waals surface area contributed by atoms with E-state index in [0.717, 1.165) is 10.9 Å². The number of ether oxygens (including phenoxy) is 4. The normalized spacial score (nSPS) is 10.6. The first kappa shape index (κ1) is 18.2. The molecule has 27 heavy (non-hydrogen) atoms. The molecule has 8 heteroatoms. The Labute approximate surface area is 156 Å². The fourth-order valence-corrected chi connectivity index (χ4v) is 2.92. The van der Waals surface area contributed by atoms with Crippen LogP contribution in [0, 0.1) is 0 Å². The van der Waals surface area contributed by atoms with Crippen LogP contribution in [0.4, 0.5) is 5.82 Å². The van der Waals surface area contributed by atoms with Crippen molar-refractivity contribution in [2.24, 2.45) is 5.73 Å². The van der Waals surface area contributed by atoms with Crippen LogP contribution >= 0.6 is 0 Å². The Bertz CT molecular complexity index is 971. The van der Waals surface area contributed by atoms with Gasteiger partial charge in [-0.25, -0.2) is 0 Å². The minimum absolute atomic E-state index is 0.0163. The second-order valence-corrected chi connectivity index (χ2v) is 5.81. The first-order valence-electron chi connectivity index (χ1n) is 8.11. The summed E-state index contributed by atoms with van der Waals surface area (Å²) in [4.78, 5) is 11.2. The minimum Gasteiger partial charge on any atom is -0.493 e. The molecule has 0 bridgehead atoms. The Balaban J connectivity index is 1.96. The number of methoxy groups -OCH3 is 3. The number of hydrogen-bond acceptors (Lipinski definition) is 6. The van der Waals surface area contributed by atoms with Crippen molar-refractivity contribution in [1.29, 1.82) is 0 Å². The standard InChI is InChI=1S/C19H21N3O5/c1-24-15-8-13(9-16(25-2)19(15)26-3)27-12-4-5-14-11(6-12)7-17(20)22(14)10-18(21)23/h4-9H,10,20H2,1-3H3,(H2,21,23). The Morgan fingerprint density at radius 3 is 2.19 bits per heavy atom. The SMILES string of the molecule is COc1cc(Oc2ccc3c(c2)cc(N)n3CC(N)=O)cc(OC)c1OC. The molecule has 1 amide bonds. The van der Waals surface area contributed by atoms with Gasteiger partial charge in [0, 0.05) is 17.5 Å². The zero-order valence-corrected chi connectivity index (χ0v) is 15.3. The number of nitrogens with zero attached hydrogens (tertiary/aromatic N) is 1. The predicted octanol–water partition coefficient (Wildman–Crippen LogP) is 2.53. The Hall–Kier alpha value is -3.55. The molecular weight excluding hydrogens is 350 g/mol. The van der Waals surface area contributed by atoms with E-state index < -0.39 is 5.91 Å². The third-order valence-corrected chi connectivity index (χ3v) is 4.09. The largest absolute Gasteiger partial charge is 0.493 e. The van der Waals surface area contributed by atoms with Gasteiger partial charge in [0.1, 0.15) is 23.9 Å². The van der Waals surface area contributed by atoms with Gasteiger partial charge < -0.3 is 35.0 Å². The molecule has 1 heterocycles. The van der Waals surface area contributed by atoms with Crippen molar-refractivity contribution in [3.8, 4) is 28.7 Å². The van der Waals surface area contributed by atoms with Crippen molar-refractivity contribution < 1.29 is 23.7 Å². The highest BCUT2D eigenvalue weighted by atomic mass is 16.5. The Kier molecular flexibility index (Phi) is 4.98. The van der Waals surface area contributed by atoms with Crippen LogP contribution in [0.15, 0.2) is 36.4 Å². The van der Waals surface area contributed by atoms with Crippen molar-refractivity contribution in [3.05, 3.63) is 36.4 Å². The first-order valence-corrected chi connectivity index (χ1v) is 8.11. The summed E-state index contributed by atoms with van der Waals surface area (Å²) in [5, 5.41) is 0.832. The number of anilines is 1. The highest BCUT2D eigenvalue weighted by molar-refractivity contribution is 5.88. The van der Waals surface area contributed by atoms with E-state index in [2.05, 4.69) is 0 Å². The highest BCUT2D eigenvalue weighted by Crippen LogP contribution is 2.42. The zero-order valence-electron chi connectivity index (χ0n) is 15.3. The molecule has 0 unspecified atom stereocenters. The quantitative estimate of drug-likeness (QED) is 0.660. The maximum atomic E-state index is 11.2. The molecule has 0 spiro atoms. The number of nitrogens with two attached hydrogens (primary N) is 2. The minimum atomic E-state index is -0.461. The first-order chi connectivity index (χ1) is 13.0. The number of rotatable bonds is 7. The zero-order chi connectivity index (χ0) is 19.6. The lowest BCUT2D eigenvalue weighted by atomic mass is 10.2. The smallest absolute Gasteiger partial charge is 0.237 e. The second-order valence-electron chi connectivity index (χ2n) is 5.81. The number of benzene rings is 2. The van der Waals surface area contributed by atoms with E-state index in [4.69, 9.17) is 30.4 Å². The maximum absolute atomic E-state index is 11.2. The van der Waals surface area contributed by atoms with Crippen LogP contribution in [0.5, 0.6) is 28.7 Å². The maximum Gasteiger partial charge on any atom is 0.237 e. The molecule has 0 fully saturated rings. The second kappa shape index (κ2) is 7.36. The van der Waals surface area contributed by atoms with Crippen LogP contribution in [0.2, 0.25) is 0 Å². The number of primary amides is 1. The van der Waals surface area contributed by atoms with E-state index in [0.29, 0.717) is 34.6 Å². The molecule has 2 aromatic carbocycles. The van der Waals surface area contributed by atoms with Gasteiger partial charge in [0.05, 0.1) is 26.8 Å². The number of aromatic nitrogens is 1. The molecule has 1 aromatic heterocycles. The number of hydrogen-bond donors (Lipinski definition) is 2. The molecule has 0 aliphatic heterocycles. The summed E-state index contributed by atoms with van der Waals surface area (Å²) >= 11 is 0. The Morgan fingerprint density at radius 2 is 1.63 bits per heavy atom. The van der Waals surface area contributed by atoms with Gasteiger partial charge in [-0.3, -0.25) is 4.79 Å². The summed E-state index contributed by atoms with van der Waals surface area (Å²) in [5.74, 6) is 2.57. The predicted molar refractivity (Wildman–Crippen MR) is 102 cm³/mol. The lowest BCUT2D eigenvalue weighted by molar-refractivity contribution is -0.118. The van der Waals surface area contributed by atoms with Crippen LogP contribution in [0.3, 0.4) is 0 Å². The average Bonchev–Trinajstić information content (AvgIpc) is 2.95. The average molecular weight is 371 g/mol. The summed E-state index contributed by atoms with van der Waals surface area (Å²) in [6, 6.07) is 10.6. The highest BCUT2D eigenvalue weighted by Gasteiger charge is 2.15. The van der Waals surface area contributed by atoms with Gasteiger partial charge in [0.25, 0.3) is 0 Å². The topological polar surface area (TPSA) is 111 Å². The van der Waals surface area contributed by atoms with E-state index in [1.165, 1.54) is 21.3 Å². The monoisotopic (exact) mass is 371 g/mol. The molecule has 142 valence electrons. The molecule has 3 rings (SSSR count). The van der Waals surface area contributed by atoms with E-state index in [1.807, 2.05) is 12.1 Å². The van der Waals surface area contributed by atoms with E-state index in [1.54, 1.807) is 28.8 Å². The van der Waals surface area contributed by atoms with Crippen molar-refractivity contribution in [2.45, 2.75) is 6.54 Å². The van der Waals surface area contributed by atoms with Gasteiger partial charge in [0.2, 0.25) is 11.7 Å². The fraction of sp³-hybridized carbons (Fsp3) is 0.211. The van der Waals surface area contributed by atoms with Crippen LogP contribution in [0.25, 0.3) is 10.9 Å². The van der Waals surface area contributed by atoms with Gasteiger partial charge in [0.15, 0.2) is 11.5 Å². The van der Waals surface area contributed by atoms with Crippen LogP contribution < -0.4 is 30.4 Å². The van der Waals surface area contributed by atoms with Crippen molar-refractivity contribution in [2.75, 3.05) is 27.1 Å². The van der Waals surface area contributed by atoms with E-state index in [-0.39, 0.29) is 6.54 Å². The van der Waals surface area contributed by atoms with E-state index >= 15 is 0 Å². The molecule has 0 radical (unpaired) electrons. The molecule has 0 aliphatic carbocycles. The van der Waals surface area contributed by atoms with Gasteiger partial charge in [-0.15, -0.1) is 0 Å². The van der Waals surface area contributed by atoms with Gasteiger partial charge in [-0.2, -0.15) is 0 Å². The number of amides is 1. The molecule has 4 N–H and O–H groups in total. The molecular formula is C19H21N3O5. The van der Waals surface area contributed by atoms with Crippen LogP contribution in [0.1, 0.15) is 0 Å². The van der Waals surface area contributed by atoms with Crippen LogP contribution in [-0.2, 0) is 11.3 Å². The molecule has 3 aromatic rings. The summed E-state index contributed by atoms with van der Waals surface area (Å²) in [6.07, 6.45) is 0. The molecule has 0 aliphatic rings. The number of nitrogen functional groups attached to an aromatic ring is 1. The molecule has 8 nitrogen and oxygen atoms in total. The number of fused-ring (bicyclic) bond motifs is 1. The fourth-order valence-electron chi connectivity index (χ4n) is 2.92. The summed E-state index contributed by atoms with van der Waals surface area (Å²) in [5.41, 5.74) is 12.1. The van der Waals surface area contributed by atoms with Crippen LogP contribution in [-0.4, -0.2) is 31.8 Å². The number of carbonyl (C=O) groups excluding carboxylic acids is 1. The third-order valence-electron chi connectivity index (χ3n) is 4.09. The van der Waals surface area contributed by atoms with Gasteiger partial charge in [-0.1, -0.05) is 0 Å². The number of carbonyl (C=O) groups is 1. The van der Waals surface area contributed by atoms with Gasteiger partial charge in [-0.05, 0) is 24.3 Å². The molecule has 0 saturated heterocycles. The summed E-state index contributed by atoms with van der Waals surface area (Å²) < 4.78 is 23.6. The summed E-state index contributed by atoms with van der Waals surface area (Å²) in [7, 11) is 4.62. The Morgan fingerprint density at radius 1 is 0.963 bits per heavy atom. The third kappa shape index (κ3) is 3.55. The van der Waals surface area contributed by atoms with Crippen molar-refractivity contribution in [3.63, 3.8) is 0 Å². The van der Waals surface area contributed by atoms with Gasteiger partial charge >= 0.3 is 0 Å². The summed E-state index contributed by atoms with van der Waals surface area (Å²) in [6.45, 7) is 0.0163. The lowest BCUT2D eigenvalue weighted by Gasteiger charge is -2.14.